The number of hydrogen-bond acceptors (Lipinski definition) is 1. The van der Waals surface area contributed by atoms with Gasteiger partial charge in [-0.25, -0.2) is 0 Å². The summed E-state index contributed by atoms with van der Waals surface area (Å²) < 4.78 is 1.09. The molecule has 0 atom stereocenters. The van der Waals surface area contributed by atoms with Crippen molar-refractivity contribution in [1.82, 2.24) is 4.90 Å². The number of hydrogen-bond donors (Lipinski definition) is 0. The molecule has 3 heteroatoms. The third kappa shape index (κ3) is 3.98. The Balaban J connectivity index is 1.62. The first-order valence-corrected chi connectivity index (χ1v) is 8.60. The first kappa shape index (κ1) is 15.3. The van der Waals surface area contributed by atoms with Gasteiger partial charge in [0, 0.05) is 23.5 Å². The van der Waals surface area contributed by atoms with Gasteiger partial charge in [-0.15, -0.1) is 0 Å². The van der Waals surface area contributed by atoms with Gasteiger partial charge >= 0.3 is 0 Å². The number of aryl methyl sites for hydroxylation is 1. The molecule has 2 aromatic rings. The first-order chi connectivity index (χ1) is 10.7. The molecule has 0 radical (unpaired) electrons. The zero-order chi connectivity index (χ0) is 15.4. The largest absolute Gasteiger partial charge is 0.335 e. The van der Waals surface area contributed by atoms with E-state index in [1.807, 2.05) is 36.4 Å². The molecule has 2 aromatic carbocycles. The maximum Gasteiger partial charge on any atom is 0.223 e. The van der Waals surface area contributed by atoms with Gasteiger partial charge in [-0.2, -0.15) is 0 Å². The Morgan fingerprint density at radius 2 is 1.73 bits per heavy atom. The van der Waals surface area contributed by atoms with Gasteiger partial charge in [0.2, 0.25) is 5.91 Å². The fraction of sp³-hybridized carbons (Fsp3) is 0.316. The van der Waals surface area contributed by atoms with Crippen LogP contribution in [0.1, 0.15) is 30.4 Å². The lowest BCUT2D eigenvalue weighted by molar-refractivity contribution is -0.132. The molecule has 114 valence electrons. The highest BCUT2D eigenvalue weighted by Gasteiger charge is 2.32. The summed E-state index contributed by atoms with van der Waals surface area (Å²) in [5.41, 5.74) is 2.41. The van der Waals surface area contributed by atoms with Crippen LogP contribution in [0.3, 0.4) is 0 Å². The smallest absolute Gasteiger partial charge is 0.223 e. The van der Waals surface area contributed by atoms with Gasteiger partial charge in [0.1, 0.15) is 0 Å². The molecule has 0 N–H and O–H groups in total. The summed E-state index contributed by atoms with van der Waals surface area (Å²) in [6.07, 6.45) is 3.66. The Hall–Kier alpha value is -1.61. The third-order valence-electron chi connectivity index (χ3n) is 4.07. The molecule has 0 spiro atoms. The number of amides is 1. The minimum Gasteiger partial charge on any atom is -0.335 e. The van der Waals surface area contributed by atoms with E-state index in [-0.39, 0.29) is 5.91 Å². The normalized spacial score (nSPS) is 13.9. The number of benzene rings is 2. The molecule has 1 fully saturated rings. The summed E-state index contributed by atoms with van der Waals surface area (Å²) in [5, 5.41) is 0. The zero-order valence-corrected chi connectivity index (χ0v) is 14.1. The summed E-state index contributed by atoms with van der Waals surface area (Å²) in [6, 6.07) is 18.9. The van der Waals surface area contributed by atoms with Crippen LogP contribution in [0.2, 0.25) is 0 Å². The van der Waals surface area contributed by atoms with Crippen LogP contribution in [-0.2, 0) is 17.8 Å². The molecule has 0 heterocycles. The number of rotatable bonds is 6. The standard InChI is InChI=1S/C19H20BrNO/c20-18-9-5-4-8-16(18)10-13-19(22)21(17-11-12-17)14-15-6-2-1-3-7-15/h1-9,17H,10-14H2. The van der Waals surface area contributed by atoms with Crippen molar-refractivity contribution in [3.8, 4) is 0 Å². The molecule has 1 amide bonds. The van der Waals surface area contributed by atoms with Crippen LogP contribution in [0.5, 0.6) is 0 Å². The van der Waals surface area contributed by atoms with E-state index in [1.54, 1.807) is 0 Å². The highest BCUT2D eigenvalue weighted by Crippen LogP contribution is 2.29. The molecular formula is C19H20BrNO. The topological polar surface area (TPSA) is 20.3 Å². The second kappa shape index (κ2) is 7.10. The maximum atomic E-state index is 12.6. The van der Waals surface area contributed by atoms with Crippen LogP contribution >= 0.6 is 15.9 Å². The van der Waals surface area contributed by atoms with Crippen LogP contribution < -0.4 is 0 Å². The summed E-state index contributed by atoms with van der Waals surface area (Å²) >= 11 is 3.55. The van der Waals surface area contributed by atoms with E-state index in [0.717, 1.165) is 30.3 Å². The third-order valence-corrected chi connectivity index (χ3v) is 4.84. The molecule has 0 saturated heterocycles. The highest BCUT2D eigenvalue weighted by atomic mass is 79.9. The molecule has 3 rings (SSSR count). The molecule has 0 unspecified atom stereocenters. The van der Waals surface area contributed by atoms with E-state index in [4.69, 9.17) is 0 Å². The molecule has 22 heavy (non-hydrogen) atoms. The molecule has 0 bridgehead atoms. The van der Waals surface area contributed by atoms with E-state index in [0.29, 0.717) is 12.5 Å². The van der Waals surface area contributed by atoms with Gasteiger partial charge in [0.25, 0.3) is 0 Å². The molecule has 1 saturated carbocycles. The fourth-order valence-corrected chi connectivity index (χ4v) is 3.16. The SMILES string of the molecule is O=C(CCc1ccccc1Br)N(Cc1ccccc1)C1CC1. The monoisotopic (exact) mass is 357 g/mol. The Morgan fingerprint density at radius 1 is 1.05 bits per heavy atom. The lowest BCUT2D eigenvalue weighted by atomic mass is 10.1. The van der Waals surface area contributed by atoms with Gasteiger partial charge < -0.3 is 4.90 Å². The molecular weight excluding hydrogens is 338 g/mol. The van der Waals surface area contributed by atoms with E-state index < -0.39 is 0 Å². The average Bonchev–Trinajstić information content (AvgIpc) is 3.37. The average molecular weight is 358 g/mol. The molecule has 0 aromatic heterocycles. The number of carbonyl (C=O) groups is 1. The van der Waals surface area contributed by atoms with Crippen LogP contribution in [0.4, 0.5) is 0 Å². The Labute approximate surface area is 140 Å². The van der Waals surface area contributed by atoms with Crippen molar-refractivity contribution in [1.29, 1.82) is 0 Å². The Morgan fingerprint density at radius 3 is 2.41 bits per heavy atom. The van der Waals surface area contributed by atoms with Crippen LogP contribution in [0.15, 0.2) is 59.1 Å². The second-order valence-corrected chi connectivity index (χ2v) is 6.68. The van der Waals surface area contributed by atoms with Crippen molar-refractivity contribution in [2.45, 2.75) is 38.3 Å². The quantitative estimate of drug-likeness (QED) is 0.741. The summed E-state index contributed by atoms with van der Waals surface area (Å²) in [7, 11) is 0. The molecule has 1 aliphatic carbocycles. The van der Waals surface area contributed by atoms with Crippen molar-refractivity contribution >= 4 is 21.8 Å². The Bertz CT molecular complexity index is 637. The molecule has 0 aliphatic heterocycles. The summed E-state index contributed by atoms with van der Waals surface area (Å²) in [5.74, 6) is 0.266. The highest BCUT2D eigenvalue weighted by molar-refractivity contribution is 9.10. The van der Waals surface area contributed by atoms with Crippen molar-refractivity contribution < 1.29 is 4.79 Å². The predicted molar refractivity (Wildman–Crippen MR) is 92.5 cm³/mol. The number of carbonyl (C=O) groups excluding carboxylic acids is 1. The second-order valence-electron chi connectivity index (χ2n) is 5.83. The fourth-order valence-electron chi connectivity index (χ4n) is 2.67. The van der Waals surface area contributed by atoms with Gasteiger partial charge in [-0.3, -0.25) is 4.79 Å². The maximum absolute atomic E-state index is 12.6. The first-order valence-electron chi connectivity index (χ1n) is 7.81. The van der Waals surface area contributed by atoms with Crippen molar-refractivity contribution in [2.75, 3.05) is 0 Å². The van der Waals surface area contributed by atoms with Gasteiger partial charge in [0.05, 0.1) is 0 Å². The van der Waals surface area contributed by atoms with Gasteiger partial charge in [-0.05, 0) is 36.5 Å². The van der Waals surface area contributed by atoms with Gasteiger partial charge in [0.15, 0.2) is 0 Å². The van der Waals surface area contributed by atoms with Crippen LogP contribution in [0, 0.1) is 0 Å². The predicted octanol–water partition coefficient (Wildman–Crippen LogP) is 4.57. The zero-order valence-electron chi connectivity index (χ0n) is 12.5. The summed E-state index contributed by atoms with van der Waals surface area (Å²) in [6.45, 7) is 0.736. The van der Waals surface area contributed by atoms with E-state index in [2.05, 4.69) is 39.0 Å². The van der Waals surface area contributed by atoms with Crippen LogP contribution in [0.25, 0.3) is 0 Å². The number of halogens is 1. The van der Waals surface area contributed by atoms with Gasteiger partial charge in [-0.1, -0.05) is 64.5 Å². The van der Waals surface area contributed by atoms with Crippen LogP contribution in [-0.4, -0.2) is 16.8 Å². The Kier molecular flexibility index (Phi) is 4.94. The molecule has 2 nitrogen and oxygen atoms in total. The lowest BCUT2D eigenvalue weighted by Gasteiger charge is -2.23. The van der Waals surface area contributed by atoms with E-state index in [9.17, 15) is 4.79 Å². The van der Waals surface area contributed by atoms with Crippen molar-refractivity contribution in [3.05, 3.63) is 70.2 Å². The van der Waals surface area contributed by atoms with E-state index >= 15 is 0 Å². The number of nitrogens with zero attached hydrogens (tertiary/aromatic N) is 1. The minimum atomic E-state index is 0.266. The summed E-state index contributed by atoms with van der Waals surface area (Å²) in [4.78, 5) is 14.7. The van der Waals surface area contributed by atoms with Crippen molar-refractivity contribution in [3.63, 3.8) is 0 Å². The lowest BCUT2D eigenvalue weighted by Crippen LogP contribution is -2.32. The molecule has 1 aliphatic rings. The van der Waals surface area contributed by atoms with E-state index in [1.165, 1.54) is 11.1 Å². The van der Waals surface area contributed by atoms with Crippen molar-refractivity contribution in [2.24, 2.45) is 0 Å². The minimum absolute atomic E-state index is 0.266.